The van der Waals surface area contributed by atoms with Crippen LogP contribution in [0.15, 0.2) is 24.3 Å². The molecule has 1 unspecified atom stereocenters. The zero-order valence-electron chi connectivity index (χ0n) is 7.78. The SMILES string of the molecule is CCC(O)c1cccc(OC(F)F)c1. The molecule has 0 aromatic heterocycles. The molecule has 4 heteroatoms. The van der Waals surface area contributed by atoms with E-state index >= 15 is 0 Å². The lowest BCUT2D eigenvalue weighted by Gasteiger charge is -2.10. The average molecular weight is 202 g/mol. The number of hydrogen-bond donors (Lipinski definition) is 1. The van der Waals surface area contributed by atoms with Crippen LogP contribution in [0.2, 0.25) is 0 Å². The van der Waals surface area contributed by atoms with Crippen LogP contribution in [0.3, 0.4) is 0 Å². The third kappa shape index (κ3) is 2.96. The summed E-state index contributed by atoms with van der Waals surface area (Å²) in [6, 6.07) is 6.09. The lowest BCUT2D eigenvalue weighted by molar-refractivity contribution is -0.0499. The Morgan fingerprint density at radius 1 is 1.43 bits per heavy atom. The van der Waals surface area contributed by atoms with Crippen LogP contribution < -0.4 is 4.74 Å². The van der Waals surface area contributed by atoms with Crippen LogP contribution in [0.4, 0.5) is 8.78 Å². The number of aliphatic hydroxyl groups is 1. The quantitative estimate of drug-likeness (QED) is 0.813. The molecule has 1 N–H and O–H groups in total. The van der Waals surface area contributed by atoms with Crippen molar-refractivity contribution in [3.63, 3.8) is 0 Å². The smallest absolute Gasteiger partial charge is 0.387 e. The first kappa shape index (κ1) is 10.9. The standard InChI is InChI=1S/C10H12F2O2/c1-2-9(13)7-4-3-5-8(6-7)14-10(11)12/h3-6,9-10,13H,2H2,1H3. The van der Waals surface area contributed by atoms with E-state index in [1.165, 1.54) is 12.1 Å². The van der Waals surface area contributed by atoms with Gasteiger partial charge >= 0.3 is 6.61 Å². The van der Waals surface area contributed by atoms with Gasteiger partial charge in [0.1, 0.15) is 5.75 Å². The Kier molecular flexibility index (Phi) is 3.83. The van der Waals surface area contributed by atoms with Gasteiger partial charge in [0.2, 0.25) is 0 Å². The van der Waals surface area contributed by atoms with E-state index in [0.29, 0.717) is 12.0 Å². The fourth-order valence-corrected chi connectivity index (χ4v) is 1.13. The van der Waals surface area contributed by atoms with Crippen molar-refractivity contribution in [1.82, 2.24) is 0 Å². The van der Waals surface area contributed by atoms with E-state index in [2.05, 4.69) is 4.74 Å². The molecule has 0 fully saturated rings. The number of alkyl halides is 2. The van der Waals surface area contributed by atoms with Crippen LogP contribution in [0.1, 0.15) is 25.0 Å². The maximum absolute atomic E-state index is 11.9. The van der Waals surface area contributed by atoms with Gasteiger partial charge in [0.25, 0.3) is 0 Å². The third-order valence-electron chi connectivity index (χ3n) is 1.85. The monoisotopic (exact) mass is 202 g/mol. The second-order valence-electron chi connectivity index (χ2n) is 2.88. The molecule has 1 aromatic rings. The number of rotatable bonds is 4. The summed E-state index contributed by atoms with van der Waals surface area (Å²) in [4.78, 5) is 0. The lowest BCUT2D eigenvalue weighted by atomic mass is 10.1. The maximum Gasteiger partial charge on any atom is 0.387 e. The summed E-state index contributed by atoms with van der Waals surface area (Å²) < 4.78 is 27.9. The minimum absolute atomic E-state index is 0.0741. The lowest BCUT2D eigenvalue weighted by Crippen LogP contribution is -2.03. The van der Waals surface area contributed by atoms with Crippen LogP contribution in [-0.2, 0) is 0 Å². The summed E-state index contributed by atoms with van der Waals surface area (Å²) in [5.41, 5.74) is 0.589. The fourth-order valence-electron chi connectivity index (χ4n) is 1.13. The highest BCUT2D eigenvalue weighted by Crippen LogP contribution is 2.22. The van der Waals surface area contributed by atoms with Gasteiger partial charge in [-0.25, -0.2) is 0 Å². The minimum Gasteiger partial charge on any atom is -0.435 e. The van der Waals surface area contributed by atoms with Crippen LogP contribution in [0.5, 0.6) is 5.75 Å². The maximum atomic E-state index is 11.9. The molecule has 0 bridgehead atoms. The van der Waals surface area contributed by atoms with Crippen LogP contribution in [0, 0.1) is 0 Å². The van der Waals surface area contributed by atoms with E-state index in [4.69, 9.17) is 0 Å². The van der Waals surface area contributed by atoms with E-state index in [0.717, 1.165) is 0 Å². The molecule has 78 valence electrons. The van der Waals surface area contributed by atoms with Gasteiger partial charge in [-0.3, -0.25) is 0 Å². The van der Waals surface area contributed by atoms with Crippen molar-refractivity contribution in [2.45, 2.75) is 26.1 Å². The van der Waals surface area contributed by atoms with Crippen molar-refractivity contribution in [1.29, 1.82) is 0 Å². The largest absolute Gasteiger partial charge is 0.435 e. The molecule has 0 heterocycles. The summed E-state index contributed by atoms with van der Waals surface area (Å²) in [5, 5.41) is 9.44. The average Bonchev–Trinajstić information content (AvgIpc) is 2.16. The van der Waals surface area contributed by atoms with Crippen molar-refractivity contribution in [3.05, 3.63) is 29.8 Å². The molecule has 0 saturated heterocycles. The molecule has 1 rings (SSSR count). The molecule has 0 spiro atoms. The summed E-state index contributed by atoms with van der Waals surface area (Å²) in [6.07, 6.45) is -0.0887. The van der Waals surface area contributed by atoms with Crippen LogP contribution >= 0.6 is 0 Å². The zero-order chi connectivity index (χ0) is 10.6. The number of halogens is 2. The third-order valence-corrected chi connectivity index (χ3v) is 1.85. The fraction of sp³-hybridized carbons (Fsp3) is 0.400. The normalized spacial score (nSPS) is 12.9. The molecule has 0 aliphatic heterocycles. The van der Waals surface area contributed by atoms with Crippen molar-refractivity contribution in [2.75, 3.05) is 0 Å². The van der Waals surface area contributed by atoms with Gasteiger partial charge in [-0.05, 0) is 24.1 Å². The Bertz CT molecular complexity index is 289. The zero-order valence-corrected chi connectivity index (χ0v) is 7.78. The van der Waals surface area contributed by atoms with Gasteiger partial charge < -0.3 is 9.84 Å². The van der Waals surface area contributed by atoms with Gasteiger partial charge in [0.15, 0.2) is 0 Å². The number of ether oxygens (including phenoxy) is 1. The number of hydrogen-bond acceptors (Lipinski definition) is 2. The predicted octanol–water partition coefficient (Wildman–Crippen LogP) is 2.73. The Balaban J connectivity index is 2.78. The van der Waals surface area contributed by atoms with Gasteiger partial charge in [-0.15, -0.1) is 0 Å². The van der Waals surface area contributed by atoms with Crippen molar-refractivity contribution in [2.24, 2.45) is 0 Å². The Labute approximate surface area is 81.1 Å². The second kappa shape index (κ2) is 4.91. The molecular formula is C10H12F2O2. The summed E-state index contributed by atoms with van der Waals surface area (Å²) >= 11 is 0. The first-order chi connectivity index (χ1) is 6.63. The van der Waals surface area contributed by atoms with Crippen molar-refractivity contribution < 1.29 is 18.6 Å². The Morgan fingerprint density at radius 3 is 2.71 bits per heavy atom. The van der Waals surface area contributed by atoms with Gasteiger partial charge in [-0.2, -0.15) is 8.78 Å². The Hall–Kier alpha value is -1.16. The molecule has 0 amide bonds. The highest BCUT2D eigenvalue weighted by molar-refractivity contribution is 5.29. The van der Waals surface area contributed by atoms with Crippen molar-refractivity contribution >= 4 is 0 Å². The molecule has 2 nitrogen and oxygen atoms in total. The molecule has 0 aliphatic rings. The molecule has 0 aliphatic carbocycles. The highest BCUT2D eigenvalue weighted by Gasteiger charge is 2.08. The van der Waals surface area contributed by atoms with E-state index in [-0.39, 0.29) is 5.75 Å². The first-order valence-electron chi connectivity index (χ1n) is 4.36. The van der Waals surface area contributed by atoms with Crippen molar-refractivity contribution in [3.8, 4) is 5.75 Å². The summed E-state index contributed by atoms with van der Waals surface area (Å²) in [7, 11) is 0. The van der Waals surface area contributed by atoms with Crippen LogP contribution in [-0.4, -0.2) is 11.7 Å². The summed E-state index contributed by atoms with van der Waals surface area (Å²) in [6.45, 7) is -1.02. The first-order valence-corrected chi connectivity index (χ1v) is 4.36. The summed E-state index contributed by atoms with van der Waals surface area (Å²) in [5.74, 6) is 0.0741. The molecule has 0 saturated carbocycles. The Morgan fingerprint density at radius 2 is 2.14 bits per heavy atom. The highest BCUT2D eigenvalue weighted by atomic mass is 19.3. The van der Waals surface area contributed by atoms with Gasteiger partial charge in [0, 0.05) is 0 Å². The molecule has 1 atom stereocenters. The topological polar surface area (TPSA) is 29.5 Å². The van der Waals surface area contributed by atoms with Crippen LogP contribution in [0.25, 0.3) is 0 Å². The molecular weight excluding hydrogens is 190 g/mol. The minimum atomic E-state index is -2.83. The molecule has 1 aromatic carbocycles. The predicted molar refractivity (Wildman–Crippen MR) is 48.3 cm³/mol. The number of aliphatic hydroxyl groups excluding tert-OH is 1. The number of benzene rings is 1. The van der Waals surface area contributed by atoms with E-state index < -0.39 is 12.7 Å². The second-order valence-corrected chi connectivity index (χ2v) is 2.88. The van der Waals surface area contributed by atoms with E-state index in [1.54, 1.807) is 12.1 Å². The van der Waals surface area contributed by atoms with Gasteiger partial charge in [0.05, 0.1) is 6.10 Å². The molecule has 0 radical (unpaired) electrons. The molecule has 14 heavy (non-hydrogen) atoms. The van der Waals surface area contributed by atoms with E-state index in [9.17, 15) is 13.9 Å². The van der Waals surface area contributed by atoms with Gasteiger partial charge in [-0.1, -0.05) is 19.1 Å². The van der Waals surface area contributed by atoms with E-state index in [1.807, 2.05) is 6.92 Å².